The Balaban J connectivity index is 1.83. The molecule has 2 aromatic rings. The van der Waals surface area contributed by atoms with Crippen LogP contribution in [0.2, 0.25) is 0 Å². The molecule has 0 aromatic heterocycles. The molecule has 0 radical (unpaired) electrons. The minimum Gasteiger partial charge on any atom is -0.486 e. The molecule has 108 valence electrons. The zero-order valence-electron chi connectivity index (χ0n) is 10.9. The molecule has 21 heavy (non-hydrogen) atoms. The molecule has 6 heteroatoms. The summed E-state index contributed by atoms with van der Waals surface area (Å²) in [5, 5.41) is 2.84. The number of carbonyl (C=O) groups is 1. The van der Waals surface area contributed by atoms with E-state index in [0.29, 0.717) is 36.0 Å². The van der Waals surface area contributed by atoms with Crippen molar-refractivity contribution in [2.75, 3.05) is 18.5 Å². The van der Waals surface area contributed by atoms with Gasteiger partial charge in [-0.05, 0) is 46.3 Å². The van der Waals surface area contributed by atoms with E-state index in [9.17, 15) is 4.79 Å². The number of hydrogen-bond acceptors (Lipinski definition) is 4. The van der Waals surface area contributed by atoms with Crippen molar-refractivity contribution in [3.05, 3.63) is 46.4 Å². The molecule has 2 aromatic carbocycles. The molecule has 3 rings (SSSR count). The third kappa shape index (κ3) is 3.16. The second-order valence-corrected chi connectivity index (χ2v) is 5.85. The molecule has 1 aliphatic rings. The van der Waals surface area contributed by atoms with Gasteiger partial charge in [0.15, 0.2) is 11.5 Å². The van der Waals surface area contributed by atoms with Crippen LogP contribution in [-0.2, 0) is 0 Å². The minimum atomic E-state index is -0.213. The van der Waals surface area contributed by atoms with Gasteiger partial charge in [-0.2, -0.15) is 0 Å². The van der Waals surface area contributed by atoms with Crippen LogP contribution in [0.3, 0.4) is 0 Å². The highest BCUT2D eigenvalue weighted by Gasteiger charge is 2.14. The molecular formula is C15H12BrNO3S. The fraction of sp³-hybridized carbons (Fsp3) is 0.133. The standard InChI is InChI=1S/C15H12BrNO3S/c16-12-3-2-10(21)8-11(12)15(18)17-9-1-4-13-14(7-9)20-6-5-19-13/h1-4,7-8,21H,5-6H2,(H,17,18). The molecule has 1 aliphatic heterocycles. The number of hydrogen-bond donors (Lipinski definition) is 2. The third-order valence-electron chi connectivity index (χ3n) is 2.99. The van der Waals surface area contributed by atoms with Crippen molar-refractivity contribution < 1.29 is 14.3 Å². The summed E-state index contributed by atoms with van der Waals surface area (Å²) in [7, 11) is 0. The third-order valence-corrected chi connectivity index (χ3v) is 3.96. The number of thiol groups is 1. The van der Waals surface area contributed by atoms with Gasteiger partial charge >= 0.3 is 0 Å². The van der Waals surface area contributed by atoms with Crippen LogP contribution in [0.15, 0.2) is 45.8 Å². The summed E-state index contributed by atoms with van der Waals surface area (Å²) < 4.78 is 11.7. The molecule has 0 fully saturated rings. The van der Waals surface area contributed by atoms with Crippen LogP contribution >= 0.6 is 28.6 Å². The van der Waals surface area contributed by atoms with E-state index in [4.69, 9.17) is 9.47 Å². The van der Waals surface area contributed by atoms with Crippen LogP contribution in [0.4, 0.5) is 5.69 Å². The van der Waals surface area contributed by atoms with E-state index < -0.39 is 0 Å². The molecule has 0 spiro atoms. The number of halogens is 1. The molecule has 1 heterocycles. The molecule has 0 atom stereocenters. The van der Waals surface area contributed by atoms with E-state index in [0.717, 1.165) is 9.37 Å². The normalized spacial score (nSPS) is 12.9. The van der Waals surface area contributed by atoms with Gasteiger partial charge in [-0.15, -0.1) is 12.6 Å². The van der Waals surface area contributed by atoms with Crippen molar-refractivity contribution >= 4 is 40.2 Å². The summed E-state index contributed by atoms with van der Waals surface area (Å²) in [6.45, 7) is 1.05. The van der Waals surface area contributed by atoms with Gasteiger partial charge in [-0.25, -0.2) is 0 Å². The fourth-order valence-corrected chi connectivity index (χ4v) is 2.64. The number of ether oxygens (including phenoxy) is 2. The fourth-order valence-electron chi connectivity index (χ4n) is 2.01. The number of amides is 1. The Labute approximate surface area is 136 Å². The van der Waals surface area contributed by atoms with Crippen molar-refractivity contribution in [3.8, 4) is 11.5 Å². The van der Waals surface area contributed by atoms with Gasteiger partial charge in [0.25, 0.3) is 5.91 Å². The smallest absolute Gasteiger partial charge is 0.256 e. The van der Waals surface area contributed by atoms with Gasteiger partial charge in [0.1, 0.15) is 13.2 Å². The zero-order valence-corrected chi connectivity index (χ0v) is 13.4. The van der Waals surface area contributed by atoms with Crippen LogP contribution < -0.4 is 14.8 Å². The first-order valence-corrected chi connectivity index (χ1v) is 7.57. The number of nitrogens with one attached hydrogen (secondary N) is 1. The van der Waals surface area contributed by atoms with Crippen LogP contribution in [0, 0.1) is 0 Å². The second-order valence-electron chi connectivity index (χ2n) is 4.48. The quantitative estimate of drug-likeness (QED) is 0.796. The summed E-state index contributed by atoms with van der Waals surface area (Å²) in [6.07, 6.45) is 0. The molecule has 0 bridgehead atoms. The monoisotopic (exact) mass is 365 g/mol. The molecule has 0 unspecified atom stereocenters. The Hall–Kier alpha value is -1.66. The van der Waals surface area contributed by atoms with Gasteiger partial charge < -0.3 is 14.8 Å². The lowest BCUT2D eigenvalue weighted by atomic mass is 10.2. The highest BCUT2D eigenvalue weighted by Crippen LogP contribution is 2.33. The predicted molar refractivity (Wildman–Crippen MR) is 86.8 cm³/mol. The maximum atomic E-state index is 12.3. The molecule has 0 aliphatic carbocycles. The van der Waals surface area contributed by atoms with Crippen molar-refractivity contribution in [3.63, 3.8) is 0 Å². The first kappa shape index (κ1) is 14.3. The van der Waals surface area contributed by atoms with Gasteiger partial charge in [0, 0.05) is 21.1 Å². The van der Waals surface area contributed by atoms with Crippen LogP contribution in [0.25, 0.3) is 0 Å². The van der Waals surface area contributed by atoms with Crippen molar-refractivity contribution in [2.24, 2.45) is 0 Å². The summed E-state index contributed by atoms with van der Waals surface area (Å²) >= 11 is 7.61. The maximum absolute atomic E-state index is 12.3. The summed E-state index contributed by atoms with van der Waals surface area (Å²) in [5.74, 6) is 1.12. The molecule has 4 nitrogen and oxygen atoms in total. The van der Waals surface area contributed by atoms with Crippen molar-refractivity contribution in [1.29, 1.82) is 0 Å². The Morgan fingerprint density at radius 3 is 2.67 bits per heavy atom. The number of carbonyl (C=O) groups excluding carboxylic acids is 1. The maximum Gasteiger partial charge on any atom is 0.256 e. The molecule has 0 saturated carbocycles. The second kappa shape index (κ2) is 5.99. The Kier molecular flexibility index (Phi) is 4.07. The van der Waals surface area contributed by atoms with E-state index in [2.05, 4.69) is 33.9 Å². The van der Waals surface area contributed by atoms with E-state index >= 15 is 0 Å². The summed E-state index contributed by atoms with van der Waals surface area (Å²) in [6, 6.07) is 10.6. The molecule has 1 N–H and O–H groups in total. The minimum absolute atomic E-state index is 0.213. The van der Waals surface area contributed by atoms with Gasteiger partial charge in [-0.1, -0.05) is 0 Å². The van der Waals surface area contributed by atoms with E-state index in [1.54, 1.807) is 30.3 Å². The zero-order chi connectivity index (χ0) is 14.8. The van der Waals surface area contributed by atoms with E-state index in [1.807, 2.05) is 6.07 Å². The van der Waals surface area contributed by atoms with Crippen LogP contribution in [0.1, 0.15) is 10.4 Å². The summed E-state index contributed by atoms with van der Waals surface area (Å²) in [4.78, 5) is 13.0. The lowest BCUT2D eigenvalue weighted by Crippen LogP contribution is -2.16. The Morgan fingerprint density at radius 2 is 1.86 bits per heavy atom. The topological polar surface area (TPSA) is 47.6 Å². The van der Waals surface area contributed by atoms with Gasteiger partial charge in [-0.3, -0.25) is 4.79 Å². The van der Waals surface area contributed by atoms with Gasteiger partial charge in [0.05, 0.1) is 5.56 Å². The van der Waals surface area contributed by atoms with E-state index in [1.165, 1.54) is 0 Å². The van der Waals surface area contributed by atoms with Crippen molar-refractivity contribution in [1.82, 2.24) is 0 Å². The summed E-state index contributed by atoms with van der Waals surface area (Å²) in [5.41, 5.74) is 1.18. The highest BCUT2D eigenvalue weighted by molar-refractivity contribution is 9.10. The average molecular weight is 366 g/mol. The lowest BCUT2D eigenvalue weighted by Gasteiger charge is -2.19. The highest BCUT2D eigenvalue weighted by atomic mass is 79.9. The lowest BCUT2D eigenvalue weighted by molar-refractivity contribution is 0.102. The SMILES string of the molecule is O=C(Nc1ccc2c(c1)OCCO2)c1cc(S)ccc1Br. The molecule has 0 saturated heterocycles. The Bertz CT molecular complexity index is 705. The largest absolute Gasteiger partial charge is 0.486 e. The van der Waals surface area contributed by atoms with Crippen molar-refractivity contribution in [2.45, 2.75) is 4.90 Å². The molecular weight excluding hydrogens is 354 g/mol. The van der Waals surface area contributed by atoms with Gasteiger partial charge in [0.2, 0.25) is 0 Å². The van der Waals surface area contributed by atoms with Crippen LogP contribution in [0.5, 0.6) is 11.5 Å². The number of anilines is 1. The first-order chi connectivity index (χ1) is 10.1. The Morgan fingerprint density at radius 1 is 1.10 bits per heavy atom. The number of rotatable bonds is 2. The number of benzene rings is 2. The average Bonchev–Trinajstić information content (AvgIpc) is 2.49. The number of fused-ring (bicyclic) bond motifs is 1. The molecule has 1 amide bonds. The first-order valence-electron chi connectivity index (χ1n) is 6.33. The van der Waals surface area contributed by atoms with Crippen LogP contribution in [-0.4, -0.2) is 19.1 Å². The van der Waals surface area contributed by atoms with E-state index in [-0.39, 0.29) is 5.91 Å². The predicted octanol–water partition coefficient (Wildman–Crippen LogP) is 3.76.